The van der Waals surface area contributed by atoms with Gasteiger partial charge in [-0.2, -0.15) is 0 Å². The lowest BCUT2D eigenvalue weighted by molar-refractivity contribution is -0.384. The molecule has 8 heteroatoms. The summed E-state index contributed by atoms with van der Waals surface area (Å²) >= 11 is 0. The molecule has 124 valence electrons. The van der Waals surface area contributed by atoms with Gasteiger partial charge in [-0.15, -0.1) is 10.2 Å². The van der Waals surface area contributed by atoms with Crippen molar-refractivity contribution in [1.82, 2.24) is 0 Å². The van der Waals surface area contributed by atoms with Crippen molar-refractivity contribution >= 4 is 23.0 Å². The molecule has 0 atom stereocenters. The lowest BCUT2D eigenvalue weighted by atomic mass is 10.1. The highest BCUT2D eigenvalue weighted by Crippen LogP contribution is 2.32. The van der Waals surface area contributed by atoms with Crippen LogP contribution >= 0.6 is 0 Å². The predicted molar refractivity (Wildman–Crippen MR) is 85.7 cm³/mol. The summed E-state index contributed by atoms with van der Waals surface area (Å²) in [6.07, 6.45) is 0.0299. The van der Waals surface area contributed by atoms with Gasteiger partial charge in [0, 0.05) is 6.07 Å². The Labute approximate surface area is 137 Å². The zero-order chi connectivity index (χ0) is 17.5. The minimum absolute atomic E-state index is 0.0299. The fourth-order valence-electron chi connectivity index (χ4n) is 1.95. The van der Waals surface area contributed by atoms with E-state index in [9.17, 15) is 20.0 Å². The summed E-state index contributed by atoms with van der Waals surface area (Å²) in [7, 11) is 0. The van der Waals surface area contributed by atoms with Crippen molar-refractivity contribution in [1.29, 1.82) is 0 Å². The average Bonchev–Trinajstić information content (AvgIpc) is 2.55. The number of phenols is 1. The second-order valence-electron chi connectivity index (χ2n) is 4.75. The van der Waals surface area contributed by atoms with Gasteiger partial charge in [0.05, 0.1) is 18.0 Å². The van der Waals surface area contributed by atoms with Crippen LogP contribution in [-0.2, 0) is 16.0 Å². The quantitative estimate of drug-likeness (QED) is 0.374. The maximum Gasteiger partial charge on any atom is 0.310 e. The summed E-state index contributed by atoms with van der Waals surface area (Å²) < 4.78 is 4.86. The molecule has 2 aromatic carbocycles. The summed E-state index contributed by atoms with van der Waals surface area (Å²) in [5, 5.41) is 28.4. The number of ether oxygens (including phenoxy) is 1. The molecule has 24 heavy (non-hydrogen) atoms. The number of phenolic OH excluding ortho intramolecular Hbond substituents is 1. The van der Waals surface area contributed by atoms with Gasteiger partial charge in [-0.05, 0) is 30.7 Å². The van der Waals surface area contributed by atoms with Crippen LogP contribution in [0.15, 0.2) is 52.7 Å². The number of nitrogens with zero attached hydrogens (tertiary/aromatic N) is 3. The number of hydrogen-bond donors (Lipinski definition) is 1. The molecule has 0 saturated heterocycles. The van der Waals surface area contributed by atoms with E-state index in [1.54, 1.807) is 19.1 Å². The second-order valence-corrected chi connectivity index (χ2v) is 4.75. The number of para-hydroxylation sites is 1. The van der Waals surface area contributed by atoms with Gasteiger partial charge in [0.2, 0.25) is 0 Å². The number of carbonyl (C=O) groups excluding carboxylic acids is 1. The first kappa shape index (κ1) is 17.1. The van der Waals surface area contributed by atoms with Crippen molar-refractivity contribution in [2.75, 3.05) is 6.61 Å². The number of benzene rings is 2. The van der Waals surface area contributed by atoms with Crippen LogP contribution in [0.2, 0.25) is 0 Å². The number of nitro benzene ring substituents is 1. The molecular formula is C16H15N3O5. The number of aromatic hydroxyl groups is 1. The molecule has 0 fully saturated rings. The number of esters is 1. The Bertz CT molecular complexity index is 789. The molecule has 0 heterocycles. The first-order valence-electron chi connectivity index (χ1n) is 7.14. The molecule has 0 aliphatic carbocycles. The average molecular weight is 329 g/mol. The van der Waals surface area contributed by atoms with E-state index in [-0.39, 0.29) is 35.8 Å². The molecular weight excluding hydrogens is 314 g/mol. The second kappa shape index (κ2) is 7.82. The molecule has 2 aromatic rings. The Hall–Kier alpha value is -3.29. The van der Waals surface area contributed by atoms with Crippen molar-refractivity contribution in [2.45, 2.75) is 13.3 Å². The largest absolute Gasteiger partial charge is 0.506 e. The third kappa shape index (κ3) is 4.35. The standard InChI is InChI=1S/C16H15N3O5/c1-2-24-16(21)10-11-7-8-15(20)13(9-11)18-17-12-5-3-4-6-14(12)19(22)23/h3-9,20H,2,10H2,1H3. The minimum atomic E-state index is -0.564. The fraction of sp³-hybridized carbons (Fsp3) is 0.188. The highest BCUT2D eigenvalue weighted by Gasteiger charge is 2.12. The first-order chi connectivity index (χ1) is 11.5. The Kier molecular flexibility index (Phi) is 5.56. The van der Waals surface area contributed by atoms with Crippen molar-refractivity contribution in [3.8, 4) is 5.75 Å². The maximum atomic E-state index is 11.5. The molecule has 0 unspecified atom stereocenters. The summed E-state index contributed by atoms with van der Waals surface area (Å²) in [4.78, 5) is 21.9. The third-order valence-corrected chi connectivity index (χ3v) is 3.04. The molecule has 1 N–H and O–H groups in total. The smallest absolute Gasteiger partial charge is 0.310 e. The number of nitro groups is 1. The molecule has 0 spiro atoms. The van der Waals surface area contributed by atoms with E-state index in [4.69, 9.17) is 4.74 Å². The van der Waals surface area contributed by atoms with Gasteiger partial charge in [0.25, 0.3) is 5.69 Å². The Morgan fingerprint density at radius 3 is 2.62 bits per heavy atom. The molecule has 0 aliphatic rings. The third-order valence-electron chi connectivity index (χ3n) is 3.04. The van der Waals surface area contributed by atoms with Crippen LogP contribution in [-0.4, -0.2) is 22.6 Å². The zero-order valence-electron chi connectivity index (χ0n) is 12.9. The SMILES string of the molecule is CCOC(=O)Cc1ccc(O)c(N=Nc2ccccc2[N+](=O)[O-])c1. The minimum Gasteiger partial charge on any atom is -0.506 e. The van der Waals surface area contributed by atoms with Gasteiger partial charge in [0.15, 0.2) is 5.69 Å². The zero-order valence-corrected chi connectivity index (χ0v) is 12.9. The van der Waals surface area contributed by atoms with Crippen molar-refractivity contribution in [2.24, 2.45) is 10.2 Å². The summed E-state index contributed by atoms with van der Waals surface area (Å²) in [5.74, 6) is -0.547. The van der Waals surface area contributed by atoms with Gasteiger partial charge in [-0.3, -0.25) is 14.9 Å². The van der Waals surface area contributed by atoms with E-state index in [1.165, 1.54) is 30.3 Å². The van der Waals surface area contributed by atoms with Crippen LogP contribution in [0.3, 0.4) is 0 Å². The van der Waals surface area contributed by atoms with Gasteiger partial charge in [-0.1, -0.05) is 18.2 Å². The van der Waals surface area contributed by atoms with Gasteiger partial charge < -0.3 is 9.84 Å². The molecule has 8 nitrogen and oxygen atoms in total. The predicted octanol–water partition coefficient (Wildman–Crippen LogP) is 3.82. The van der Waals surface area contributed by atoms with Crippen LogP contribution in [0, 0.1) is 10.1 Å². The van der Waals surface area contributed by atoms with E-state index in [1.807, 2.05) is 0 Å². The molecule has 0 saturated carbocycles. The number of carbonyl (C=O) groups is 1. The Morgan fingerprint density at radius 1 is 1.21 bits per heavy atom. The molecule has 0 radical (unpaired) electrons. The lowest BCUT2D eigenvalue weighted by Gasteiger charge is -2.04. The topological polar surface area (TPSA) is 114 Å². The molecule has 2 rings (SSSR count). The van der Waals surface area contributed by atoms with E-state index in [0.29, 0.717) is 5.56 Å². The van der Waals surface area contributed by atoms with Crippen LogP contribution < -0.4 is 0 Å². The Balaban J connectivity index is 2.26. The van der Waals surface area contributed by atoms with Crippen LogP contribution in [0.1, 0.15) is 12.5 Å². The molecule has 0 amide bonds. The van der Waals surface area contributed by atoms with Crippen molar-refractivity contribution < 1.29 is 19.6 Å². The van der Waals surface area contributed by atoms with Gasteiger partial charge >= 0.3 is 5.97 Å². The molecule has 0 aromatic heterocycles. The number of rotatable bonds is 6. The van der Waals surface area contributed by atoms with Crippen LogP contribution in [0.25, 0.3) is 0 Å². The van der Waals surface area contributed by atoms with E-state index >= 15 is 0 Å². The molecule has 0 bridgehead atoms. The van der Waals surface area contributed by atoms with E-state index < -0.39 is 10.9 Å². The number of hydrogen-bond acceptors (Lipinski definition) is 7. The highest BCUT2D eigenvalue weighted by molar-refractivity contribution is 5.73. The first-order valence-corrected chi connectivity index (χ1v) is 7.14. The summed E-state index contributed by atoms with van der Waals surface area (Å²) in [5.41, 5.74) is 0.568. The van der Waals surface area contributed by atoms with Crippen molar-refractivity contribution in [3.63, 3.8) is 0 Å². The number of azo groups is 1. The van der Waals surface area contributed by atoms with Crippen LogP contribution in [0.5, 0.6) is 5.75 Å². The molecule has 0 aliphatic heterocycles. The van der Waals surface area contributed by atoms with Gasteiger partial charge in [0.1, 0.15) is 11.4 Å². The van der Waals surface area contributed by atoms with Crippen molar-refractivity contribution in [3.05, 3.63) is 58.1 Å². The summed E-state index contributed by atoms with van der Waals surface area (Å²) in [6.45, 7) is 1.99. The van der Waals surface area contributed by atoms with E-state index in [2.05, 4.69) is 10.2 Å². The summed E-state index contributed by atoms with van der Waals surface area (Å²) in [6, 6.07) is 10.3. The van der Waals surface area contributed by atoms with Gasteiger partial charge in [-0.25, -0.2) is 0 Å². The van der Waals surface area contributed by atoms with E-state index in [0.717, 1.165) is 0 Å². The normalized spacial score (nSPS) is 10.7. The fourth-order valence-corrected chi connectivity index (χ4v) is 1.95. The monoisotopic (exact) mass is 329 g/mol. The Morgan fingerprint density at radius 2 is 1.92 bits per heavy atom. The van der Waals surface area contributed by atoms with Crippen LogP contribution in [0.4, 0.5) is 17.1 Å². The highest BCUT2D eigenvalue weighted by atomic mass is 16.6. The maximum absolute atomic E-state index is 11.5. The lowest BCUT2D eigenvalue weighted by Crippen LogP contribution is -2.07.